The third-order valence-electron chi connectivity index (χ3n) is 2.29. The molecule has 1 fully saturated rings. The van der Waals surface area contributed by atoms with Crippen molar-refractivity contribution in [2.24, 2.45) is 0 Å². The Morgan fingerprint density at radius 2 is 2.23 bits per heavy atom. The maximum absolute atomic E-state index is 13.2. The van der Waals surface area contributed by atoms with E-state index in [0.717, 1.165) is 13.0 Å². The van der Waals surface area contributed by atoms with Crippen LogP contribution >= 0.6 is 11.6 Å². The number of hydrogen-bond donors (Lipinski definition) is 2. The van der Waals surface area contributed by atoms with E-state index in [1.54, 1.807) is 0 Å². The van der Waals surface area contributed by atoms with E-state index in [4.69, 9.17) is 11.6 Å². The van der Waals surface area contributed by atoms with E-state index in [-0.39, 0.29) is 16.8 Å². The van der Waals surface area contributed by atoms with Gasteiger partial charge in [-0.15, -0.1) is 0 Å². The Balaban J connectivity index is 2.46. The van der Waals surface area contributed by atoms with Crippen LogP contribution in [0.5, 0.6) is 5.75 Å². The lowest BCUT2D eigenvalue weighted by molar-refractivity contribution is 0.351. The Hall–Kier alpha value is -0.800. The fourth-order valence-corrected chi connectivity index (χ4v) is 1.59. The van der Waals surface area contributed by atoms with Gasteiger partial charge in [-0.05, 0) is 25.1 Å². The average Bonchev–Trinajstić information content (AvgIpc) is 2.02. The highest BCUT2D eigenvalue weighted by Crippen LogP contribution is 2.37. The maximum Gasteiger partial charge on any atom is 0.141 e. The van der Waals surface area contributed by atoms with Crippen molar-refractivity contribution < 1.29 is 9.50 Å². The Labute approximate surface area is 80.3 Å². The van der Waals surface area contributed by atoms with Gasteiger partial charge in [0.05, 0.1) is 5.02 Å². The molecule has 0 aliphatic carbocycles. The number of halogens is 2. The molecule has 2 nitrogen and oxygen atoms in total. The van der Waals surface area contributed by atoms with Crippen molar-refractivity contribution in [2.45, 2.75) is 12.5 Å². The van der Waals surface area contributed by atoms with Crippen LogP contribution in [0.2, 0.25) is 5.02 Å². The molecule has 1 aromatic carbocycles. The summed E-state index contributed by atoms with van der Waals surface area (Å²) in [6.07, 6.45) is 0.838. The first-order valence-corrected chi connectivity index (χ1v) is 4.48. The van der Waals surface area contributed by atoms with Crippen LogP contribution in [0, 0.1) is 5.82 Å². The molecule has 1 unspecified atom stereocenters. The van der Waals surface area contributed by atoms with Crippen molar-refractivity contribution >= 4 is 11.6 Å². The van der Waals surface area contributed by atoms with Gasteiger partial charge in [-0.25, -0.2) is 4.39 Å². The highest BCUT2D eigenvalue weighted by molar-refractivity contribution is 6.32. The molecule has 0 aromatic heterocycles. The van der Waals surface area contributed by atoms with Crippen molar-refractivity contribution in [3.8, 4) is 5.75 Å². The first-order valence-electron chi connectivity index (χ1n) is 4.10. The van der Waals surface area contributed by atoms with E-state index < -0.39 is 5.82 Å². The minimum Gasteiger partial charge on any atom is -0.506 e. The van der Waals surface area contributed by atoms with Gasteiger partial charge >= 0.3 is 0 Å². The number of benzene rings is 1. The quantitative estimate of drug-likeness (QED) is 0.730. The summed E-state index contributed by atoms with van der Waals surface area (Å²) in [5.74, 6) is -0.544. The predicted molar refractivity (Wildman–Crippen MR) is 48.4 cm³/mol. The molecule has 0 bridgehead atoms. The van der Waals surface area contributed by atoms with Gasteiger partial charge in [0.2, 0.25) is 0 Å². The van der Waals surface area contributed by atoms with Crippen LogP contribution < -0.4 is 5.32 Å². The van der Waals surface area contributed by atoms with Gasteiger partial charge in [0.1, 0.15) is 11.6 Å². The normalized spacial score (nSPS) is 21.2. The number of rotatable bonds is 1. The molecule has 1 aromatic rings. The van der Waals surface area contributed by atoms with Crippen molar-refractivity contribution in [3.05, 3.63) is 28.5 Å². The molecule has 4 heteroatoms. The molecule has 1 saturated heterocycles. The summed E-state index contributed by atoms with van der Waals surface area (Å²) in [7, 11) is 0. The summed E-state index contributed by atoms with van der Waals surface area (Å²) < 4.78 is 13.2. The highest BCUT2D eigenvalue weighted by Gasteiger charge is 2.25. The Bertz CT molecular complexity index is 339. The average molecular weight is 202 g/mol. The van der Waals surface area contributed by atoms with Crippen molar-refractivity contribution in [1.82, 2.24) is 5.32 Å². The molecule has 70 valence electrons. The zero-order valence-electron chi connectivity index (χ0n) is 6.85. The number of aromatic hydroxyl groups is 1. The molecular weight excluding hydrogens is 193 g/mol. The third kappa shape index (κ3) is 1.38. The number of phenolic OH excluding ortho intramolecular Hbond substituents is 1. The molecule has 1 aliphatic rings. The van der Waals surface area contributed by atoms with E-state index in [0.29, 0.717) is 5.56 Å². The van der Waals surface area contributed by atoms with E-state index in [1.807, 2.05) is 0 Å². The summed E-state index contributed by atoms with van der Waals surface area (Å²) in [4.78, 5) is 0. The second-order valence-electron chi connectivity index (χ2n) is 3.09. The van der Waals surface area contributed by atoms with Crippen LogP contribution in [0.1, 0.15) is 18.0 Å². The summed E-state index contributed by atoms with van der Waals surface area (Å²) in [5, 5.41) is 12.7. The SMILES string of the molecule is Oc1c(Cl)ccc(F)c1C1CCN1. The summed E-state index contributed by atoms with van der Waals surface area (Å²) >= 11 is 5.67. The number of nitrogens with one attached hydrogen (secondary N) is 1. The Morgan fingerprint density at radius 3 is 2.77 bits per heavy atom. The highest BCUT2D eigenvalue weighted by atomic mass is 35.5. The van der Waals surface area contributed by atoms with E-state index in [2.05, 4.69) is 5.32 Å². The second-order valence-corrected chi connectivity index (χ2v) is 3.49. The van der Waals surface area contributed by atoms with Gasteiger partial charge in [-0.2, -0.15) is 0 Å². The standard InChI is InChI=1S/C9H9ClFNO/c10-5-1-2-6(11)8(9(5)13)7-3-4-12-7/h1-2,7,12-13H,3-4H2. The molecular formula is C9H9ClFNO. The van der Waals surface area contributed by atoms with Crippen LogP contribution in [0.25, 0.3) is 0 Å². The first-order chi connectivity index (χ1) is 6.20. The number of phenols is 1. The van der Waals surface area contributed by atoms with Crippen LogP contribution in [0.15, 0.2) is 12.1 Å². The Morgan fingerprint density at radius 1 is 1.54 bits per heavy atom. The zero-order valence-corrected chi connectivity index (χ0v) is 7.61. The fourth-order valence-electron chi connectivity index (χ4n) is 1.42. The summed E-state index contributed by atoms with van der Waals surface area (Å²) in [5.41, 5.74) is 0.291. The topological polar surface area (TPSA) is 32.3 Å². The van der Waals surface area contributed by atoms with Gasteiger partial charge in [0, 0.05) is 11.6 Å². The fraction of sp³-hybridized carbons (Fsp3) is 0.333. The van der Waals surface area contributed by atoms with Crippen molar-refractivity contribution in [3.63, 3.8) is 0 Å². The molecule has 1 aliphatic heterocycles. The largest absolute Gasteiger partial charge is 0.506 e. The molecule has 0 spiro atoms. The molecule has 0 radical (unpaired) electrons. The van der Waals surface area contributed by atoms with Gasteiger partial charge in [0.15, 0.2) is 0 Å². The summed E-state index contributed by atoms with van der Waals surface area (Å²) in [6, 6.07) is 2.55. The second kappa shape index (κ2) is 3.16. The lowest BCUT2D eigenvalue weighted by atomic mass is 9.96. The molecule has 2 N–H and O–H groups in total. The van der Waals surface area contributed by atoms with E-state index in [9.17, 15) is 9.50 Å². The molecule has 0 amide bonds. The Kier molecular flexibility index (Phi) is 2.14. The maximum atomic E-state index is 13.2. The zero-order chi connectivity index (χ0) is 9.42. The molecule has 0 saturated carbocycles. The van der Waals surface area contributed by atoms with Gasteiger partial charge < -0.3 is 10.4 Å². The number of hydrogen-bond acceptors (Lipinski definition) is 2. The lowest BCUT2D eigenvalue weighted by Crippen LogP contribution is -2.35. The monoisotopic (exact) mass is 201 g/mol. The molecule has 1 heterocycles. The minimum atomic E-state index is -0.404. The molecule has 1 atom stereocenters. The summed E-state index contributed by atoms with van der Waals surface area (Å²) in [6.45, 7) is 0.857. The van der Waals surface area contributed by atoms with Crippen molar-refractivity contribution in [1.29, 1.82) is 0 Å². The van der Waals surface area contributed by atoms with Gasteiger partial charge in [-0.1, -0.05) is 11.6 Å². The van der Waals surface area contributed by atoms with Crippen LogP contribution in [0.4, 0.5) is 4.39 Å². The van der Waals surface area contributed by atoms with Gasteiger partial charge in [0.25, 0.3) is 0 Å². The van der Waals surface area contributed by atoms with E-state index in [1.165, 1.54) is 12.1 Å². The molecule has 13 heavy (non-hydrogen) atoms. The minimum absolute atomic E-state index is 0.0845. The lowest BCUT2D eigenvalue weighted by Gasteiger charge is -2.28. The predicted octanol–water partition coefficient (Wildman–Crippen LogP) is 2.22. The van der Waals surface area contributed by atoms with Crippen LogP contribution in [-0.4, -0.2) is 11.7 Å². The van der Waals surface area contributed by atoms with Crippen LogP contribution in [-0.2, 0) is 0 Å². The third-order valence-corrected chi connectivity index (χ3v) is 2.59. The van der Waals surface area contributed by atoms with E-state index >= 15 is 0 Å². The van der Waals surface area contributed by atoms with Crippen LogP contribution in [0.3, 0.4) is 0 Å². The first kappa shape index (κ1) is 8.78. The van der Waals surface area contributed by atoms with Gasteiger partial charge in [-0.3, -0.25) is 0 Å². The molecule has 2 rings (SSSR count). The van der Waals surface area contributed by atoms with Crippen molar-refractivity contribution in [2.75, 3.05) is 6.54 Å². The smallest absolute Gasteiger partial charge is 0.141 e.